The Morgan fingerprint density at radius 3 is 2.90 bits per heavy atom. The third-order valence-corrected chi connectivity index (χ3v) is 3.95. The number of amides is 1. The van der Waals surface area contributed by atoms with Crippen LogP contribution in [0.5, 0.6) is 0 Å². The number of carbonyl (C=O) groups excluding carboxylic acids is 1. The Hall–Kier alpha value is -1.87. The fraction of sp³-hybridized carbons (Fsp3) is 0.353. The van der Waals surface area contributed by atoms with Crippen molar-refractivity contribution in [2.24, 2.45) is 0 Å². The van der Waals surface area contributed by atoms with Gasteiger partial charge in [0, 0.05) is 19.0 Å². The van der Waals surface area contributed by atoms with Crippen LogP contribution >= 0.6 is 0 Å². The van der Waals surface area contributed by atoms with E-state index in [1.165, 1.54) is 22.8 Å². The molecular weight excluding hydrogens is 248 g/mol. The first-order chi connectivity index (χ1) is 9.83. The molecule has 0 aromatic heterocycles. The topological polar surface area (TPSA) is 41.1 Å². The van der Waals surface area contributed by atoms with Crippen LogP contribution in [0.3, 0.4) is 0 Å². The van der Waals surface area contributed by atoms with Crippen molar-refractivity contribution in [1.82, 2.24) is 10.6 Å². The van der Waals surface area contributed by atoms with Crippen LogP contribution in [0, 0.1) is 0 Å². The number of hydrogen-bond acceptors (Lipinski definition) is 2. The highest BCUT2D eigenvalue weighted by Gasteiger charge is 2.17. The average molecular weight is 268 g/mol. The summed E-state index contributed by atoms with van der Waals surface area (Å²) in [6, 6.07) is 14.9. The minimum atomic E-state index is 0.136. The van der Waals surface area contributed by atoms with E-state index in [9.17, 15) is 4.79 Å². The largest absolute Gasteiger partial charge is 0.352 e. The van der Waals surface area contributed by atoms with E-state index in [0.29, 0.717) is 19.0 Å². The lowest BCUT2D eigenvalue weighted by molar-refractivity contribution is -0.121. The molecule has 1 atom stereocenters. The first-order valence-electron chi connectivity index (χ1n) is 7.29. The van der Waals surface area contributed by atoms with Gasteiger partial charge in [0.15, 0.2) is 0 Å². The van der Waals surface area contributed by atoms with Crippen molar-refractivity contribution in [2.45, 2.75) is 31.8 Å². The van der Waals surface area contributed by atoms with Crippen LogP contribution in [0.1, 0.15) is 24.8 Å². The molecule has 3 nitrogen and oxygen atoms in total. The van der Waals surface area contributed by atoms with Crippen molar-refractivity contribution in [2.75, 3.05) is 6.54 Å². The number of rotatable bonds is 4. The molecule has 1 saturated heterocycles. The van der Waals surface area contributed by atoms with Gasteiger partial charge in [-0.2, -0.15) is 0 Å². The quantitative estimate of drug-likeness (QED) is 0.895. The van der Waals surface area contributed by atoms with Crippen LogP contribution in [0.2, 0.25) is 0 Å². The second-order valence-electron chi connectivity index (χ2n) is 5.41. The van der Waals surface area contributed by atoms with Crippen molar-refractivity contribution in [3.63, 3.8) is 0 Å². The minimum absolute atomic E-state index is 0.136. The number of benzene rings is 2. The molecule has 0 spiro atoms. The van der Waals surface area contributed by atoms with E-state index in [-0.39, 0.29) is 5.91 Å². The smallest absolute Gasteiger partial charge is 0.221 e. The Bertz CT molecular complexity index is 597. The van der Waals surface area contributed by atoms with E-state index in [0.717, 1.165) is 13.0 Å². The van der Waals surface area contributed by atoms with Crippen molar-refractivity contribution < 1.29 is 4.79 Å². The summed E-state index contributed by atoms with van der Waals surface area (Å²) in [7, 11) is 0. The zero-order valence-electron chi connectivity index (χ0n) is 11.6. The summed E-state index contributed by atoms with van der Waals surface area (Å²) in [6.45, 7) is 1.65. The summed E-state index contributed by atoms with van der Waals surface area (Å²) in [5.41, 5.74) is 1.18. The van der Waals surface area contributed by atoms with Crippen LogP contribution < -0.4 is 10.6 Å². The molecule has 20 heavy (non-hydrogen) atoms. The van der Waals surface area contributed by atoms with Crippen molar-refractivity contribution in [1.29, 1.82) is 0 Å². The van der Waals surface area contributed by atoms with Gasteiger partial charge in [0.2, 0.25) is 5.91 Å². The zero-order chi connectivity index (χ0) is 13.8. The van der Waals surface area contributed by atoms with Gasteiger partial charge in [0.05, 0.1) is 0 Å². The predicted molar refractivity (Wildman–Crippen MR) is 81.4 cm³/mol. The first-order valence-corrected chi connectivity index (χ1v) is 7.29. The fourth-order valence-electron chi connectivity index (χ4n) is 2.87. The maximum absolute atomic E-state index is 12.0. The van der Waals surface area contributed by atoms with Gasteiger partial charge in [-0.1, -0.05) is 42.5 Å². The Balaban J connectivity index is 1.63. The van der Waals surface area contributed by atoms with Gasteiger partial charge in [0.25, 0.3) is 0 Å². The molecule has 2 aromatic rings. The van der Waals surface area contributed by atoms with Crippen LogP contribution in [-0.4, -0.2) is 18.5 Å². The summed E-state index contributed by atoms with van der Waals surface area (Å²) < 4.78 is 0. The Labute approximate surface area is 119 Å². The summed E-state index contributed by atoms with van der Waals surface area (Å²) in [4.78, 5) is 12.0. The first kappa shape index (κ1) is 13.1. The number of hydrogen-bond donors (Lipinski definition) is 2. The molecule has 104 valence electrons. The highest BCUT2D eigenvalue weighted by Crippen LogP contribution is 2.18. The average Bonchev–Trinajstić information content (AvgIpc) is 2.98. The Morgan fingerprint density at radius 2 is 2.05 bits per heavy atom. The SMILES string of the molecule is O=C(CC1CCCN1)NCc1cccc2ccccc12. The van der Waals surface area contributed by atoms with Gasteiger partial charge in [-0.25, -0.2) is 0 Å². The normalized spacial score (nSPS) is 18.3. The molecule has 2 aromatic carbocycles. The molecule has 3 rings (SSSR count). The standard InChI is InChI=1S/C17H20N2O/c20-17(11-15-8-4-10-18-15)19-12-14-7-3-6-13-5-1-2-9-16(13)14/h1-3,5-7,9,15,18H,4,8,10-12H2,(H,19,20). The molecule has 1 unspecified atom stereocenters. The monoisotopic (exact) mass is 268 g/mol. The van der Waals surface area contributed by atoms with Gasteiger partial charge in [0.1, 0.15) is 0 Å². The maximum atomic E-state index is 12.0. The van der Waals surface area contributed by atoms with E-state index < -0.39 is 0 Å². The van der Waals surface area contributed by atoms with E-state index in [1.54, 1.807) is 0 Å². The molecule has 1 amide bonds. The fourth-order valence-corrected chi connectivity index (χ4v) is 2.87. The number of nitrogens with one attached hydrogen (secondary N) is 2. The molecule has 1 aliphatic heterocycles. The highest BCUT2D eigenvalue weighted by molar-refractivity contribution is 5.86. The van der Waals surface area contributed by atoms with Crippen molar-refractivity contribution >= 4 is 16.7 Å². The molecule has 3 heteroatoms. The lowest BCUT2D eigenvalue weighted by Gasteiger charge is -2.11. The molecular formula is C17H20N2O. The van der Waals surface area contributed by atoms with E-state index in [1.807, 2.05) is 18.2 Å². The van der Waals surface area contributed by atoms with Crippen LogP contribution in [0.4, 0.5) is 0 Å². The molecule has 0 aliphatic carbocycles. The number of fused-ring (bicyclic) bond motifs is 1. The molecule has 2 N–H and O–H groups in total. The van der Waals surface area contributed by atoms with Gasteiger partial charge in [-0.3, -0.25) is 4.79 Å². The molecule has 0 radical (unpaired) electrons. The lowest BCUT2D eigenvalue weighted by Crippen LogP contribution is -2.31. The predicted octanol–water partition coefficient (Wildman–Crippen LogP) is 2.60. The van der Waals surface area contributed by atoms with E-state index in [4.69, 9.17) is 0 Å². The molecule has 1 aliphatic rings. The van der Waals surface area contributed by atoms with Crippen LogP contribution in [0.25, 0.3) is 10.8 Å². The molecule has 1 heterocycles. The summed E-state index contributed by atoms with van der Waals surface area (Å²) in [5.74, 6) is 0.136. The van der Waals surface area contributed by atoms with Crippen molar-refractivity contribution in [3.05, 3.63) is 48.0 Å². The molecule has 0 bridgehead atoms. The van der Waals surface area contributed by atoms with Gasteiger partial charge < -0.3 is 10.6 Å². The second kappa shape index (κ2) is 6.06. The lowest BCUT2D eigenvalue weighted by atomic mass is 10.0. The Morgan fingerprint density at radius 1 is 1.20 bits per heavy atom. The zero-order valence-corrected chi connectivity index (χ0v) is 11.6. The van der Waals surface area contributed by atoms with E-state index >= 15 is 0 Å². The van der Waals surface area contributed by atoms with Gasteiger partial charge in [-0.15, -0.1) is 0 Å². The second-order valence-corrected chi connectivity index (χ2v) is 5.41. The maximum Gasteiger partial charge on any atom is 0.221 e. The molecule has 0 saturated carbocycles. The summed E-state index contributed by atoms with van der Waals surface area (Å²) in [6.07, 6.45) is 2.88. The Kier molecular flexibility index (Phi) is 3.97. The molecule has 1 fully saturated rings. The minimum Gasteiger partial charge on any atom is -0.352 e. The third-order valence-electron chi connectivity index (χ3n) is 3.95. The summed E-state index contributed by atoms with van der Waals surface area (Å²) in [5, 5.41) is 8.83. The van der Waals surface area contributed by atoms with Crippen molar-refractivity contribution in [3.8, 4) is 0 Å². The van der Waals surface area contributed by atoms with Crippen LogP contribution in [-0.2, 0) is 11.3 Å². The van der Waals surface area contributed by atoms with Crippen LogP contribution in [0.15, 0.2) is 42.5 Å². The van der Waals surface area contributed by atoms with Gasteiger partial charge in [-0.05, 0) is 35.7 Å². The number of carbonyl (C=O) groups is 1. The van der Waals surface area contributed by atoms with Gasteiger partial charge >= 0.3 is 0 Å². The van der Waals surface area contributed by atoms with E-state index in [2.05, 4.69) is 34.9 Å². The summed E-state index contributed by atoms with van der Waals surface area (Å²) >= 11 is 0. The highest BCUT2D eigenvalue weighted by atomic mass is 16.1. The third kappa shape index (κ3) is 2.99.